The molecular weight excluding hydrogens is 458 g/mol. The molecule has 188 valence electrons. The van der Waals surface area contributed by atoms with E-state index in [4.69, 9.17) is 9.15 Å². The van der Waals surface area contributed by atoms with E-state index in [9.17, 15) is 9.59 Å². The first-order valence-corrected chi connectivity index (χ1v) is 11.9. The number of hydrogen-bond acceptors (Lipinski definition) is 6. The summed E-state index contributed by atoms with van der Waals surface area (Å²) >= 11 is 0. The van der Waals surface area contributed by atoms with E-state index in [0.29, 0.717) is 17.0 Å². The summed E-state index contributed by atoms with van der Waals surface area (Å²) in [7, 11) is 1.60. The Morgan fingerprint density at radius 1 is 1.11 bits per heavy atom. The number of methoxy groups -OCH3 is 1. The van der Waals surface area contributed by atoms with E-state index in [1.54, 1.807) is 23.9 Å². The Bertz CT molecular complexity index is 1310. The van der Waals surface area contributed by atoms with Crippen molar-refractivity contribution in [3.05, 3.63) is 78.3 Å². The lowest BCUT2D eigenvalue weighted by molar-refractivity contribution is -0.143. The van der Waals surface area contributed by atoms with Crippen LogP contribution in [0.2, 0.25) is 0 Å². The maximum absolute atomic E-state index is 13.8. The molecule has 0 saturated carbocycles. The molecule has 0 spiro atoms. The minimum atomic E-state index is -0.977. The van der Waals surface area contributed by atoms with Crippen molar-refractivity contribution in [2.45, 2.75) is 51.9 Å². The van der Waals surface area contributed by atoms with E-state index in [-0.39, 0.29) is 24.9 Å². The van der Waals surface area contributed by atoms with Crippen molar-refractivity contribution in [3.8, 4) is 5.75 Å². The topological polar surface area (TPSA) is 102 Å². The molecule has 2 aromatic heterocycles. The van der Waals surface area contributed by atoms with Crippen LogP contribution in [0.3, 0.4) is 0 Å². The second kappa shape index (κ2) is 10.6. The van der Waals surface area contributed by atoms with Crippen LogP contribution in [0.4, 0.5) is 0 Å². The SMILES string of the molecule is CCC(C)(C)NC(=O)[C@@H](c1ccco1)N(Cc1ccc(OC)cc1)C(=O)Cn1nnc2ccccc21. The molecule has 4 rings (SSSR count). The third kappa shape index (κ3) is 5.56. The highest BCUT2D eigenvalue weighted by Crippen LogP contribution is 2.27. The quantitative estimate of drug-likeness (QED) is 0.360. The minimum Gasteiger partial charge on any atom is -0.497 e. The van der Waals surface area contributed by atoms with Crippen LogP contribution >= 0.6 is 0 Å². The van der Waals surface area contributed by atoms with E-state index in [1.807, 2.05) is 69.3 Å². The molecule has 2 amide bonds. The van der Waals surface area contributed by atoms with E-state index < -0.39 is 11.6 Å². The third-order valence-corrected chi connectivity index (χ3v) is 6.26. The molecule has 0 saturated heterocycles. The molecule has 9 nitrogen and oxygen atoms in total. The Balaban J connectivity index is 1.72. The van der Waals surface area contributed by atoms with Crippen LogP contribution in [0.25, 0.3) is 11.0 Å². The van der Waals surface area contributed by atoms with Gasteiger partial charge in [0.15, 0.2) is 6.04 Å². The largest absolute Gasteiger partial charge is 0.497 e. The molecule has 2 aromatic carbocycles. The molecular formula is C27H31N5O4. The van der Waals surface area contributed by atoms with Gasteiger partial charge < -0.3 is 19.4 Å². The molecule has 2 heterocycles. The number of aromatic nitrogens is 3. The average Bonchev–Trinajstić information content (AvgIpc) is 3.54. The van der Waals surface area contributed by atoms with Gasteiger partial charge in [0.2, 0.25) is 5.91 Å². The molecule has 1 atom stereocenters. The van der Waals surface area contributed by atoms with Crippen LogP contribution in [-0.4, -0.2) is 44.4 Å². The van der Waals surface area contributed by atoms with Gasteiger partial charge in [0.25, 0.3) is 5.91 Å². The van der Waals surface area contributed by atoms with Crippen LogP contribution in [0.5, 0.6) is 5.75 Å². The molecule has 0 fully saturated rings. The number of carbonyl (C=O) groups excluding carboxylic acids is 2. The monoisotopic (exact) mass is 489 g/mol. The van der Waals surface area contributed by atoms with E-state index in [0.717, 1.165) is 17.5 Å². The zero-order valence-corrected chi connectivity index (χ0v) is 21.0. The number of carbonyl (C=O) groups is 2. The normalized spacial score (nSPS) is 12.3. The predicted octanol–water partition coefficient (Wildman–Crippen LogP) is 4.11. The zero-order chi connectivity index (χ0) is 25.7. The lowest BCUT2D eigenvalue weighted by Gasteiger charge is -2.33. The summed E-state index contributed by atoms with van der Waals surface area (Å²) in [6, 6.07) is 17.3. The number of ether oxygens (including phenoxy) is 1. The number of amides is 2. The fourth-order valence-corrected chi connectivity index (χ4v) is 3.87. The van der Waals surface area contributed by atoms with Crippen molar-refractivity contribution in [3.63, 3.8) is 0 Å². The lowest BCUT2D eigenvalue weighted by atomic mass is 10.0. The van der Waals surface area contributed by atoms with E-state index in [1.165, 1.54) is 11.2 Å². The summed E-state index contributed by atoms with van der Waals surface area (Å²) in [6.07, 6.45) is 2.22. The summed E-state index contributed by atoms with van der Waals surface area (Å²) in [5.41, 5.74) is 1.81. The number of hydrogen-bond donors (Lipinski definition) is 1. The van der Waals surface area contributed by atoms with Gasteiger partial charge in [-0.1, -0.05) is 36.4 Å². The Morgan fingerprint density at radius 2 is 1.86 bits per heavy atom. The fourth-order valence-electron chi connectivity index (χ4n) is 3.87. The van der Waals surface area contributed by atoms with Crippen LogP contribution in [-0.2, 0) is 22.7 Å². The van der Waals surface area contributed by atoms with Crippen molar-refractivity contribution < 1.29 is 18.7 Å². The standard InChI is InChI=1S/C27H31N5O4/c1-5-27(2,3)28-26(34)25(23-11-8-16-36-23)31(17-19-12-14-20(35-4)15-13-19)24(33)18-32-22-10-7-6-9-21(22)29-30-32/h6-16,25H,5,17-18H2,1-4H3,(H,28,34)/t25-/m1/s1. The van der Waals surface area contributed by atoms with Crippen LogP contribution in [0.1, 0.15) is 44.6 Å². The summed E-state index contributed by atoms with van der Waals surface area (Å²) in [5.74, 6) is 0.467. The second-order valence-electron chi connectivity index (χ2n) is 9.25. The zero-order valence-electron chi connectivity index (χ0n) is 21.0. The molecule has 0 radical (unpaired) electrons. The van der Waals surface area contributed by atoms with Gasteiger partial charge in [0, 0.05) is 12.1 Å². The molecule has 0 aliphatic rings. The minimum absolute atomic E-state index is 0.0850. The van der Waals surface area contributed by atoms with Crippen molar-refractivity contribution in [2.24, 2.45) is 0 Å². The summed E-state index contributed by atoms with van der Waals surface area (Å²) in [4.78, 5) is 29.0. The fraction of sp³-hybridized carbons (Fsp3) is 0.333. The Morgan fingerprint density at radius 3 is 2.53 bits per heavy atom. The lowest BCUT2D eigenvalue weighted by Crippen LogP contribution is -2.50. The number of furan rings is 1. The molecule has 9 heteroatoms. The van der Waals surface area contributed by atoms with Gasteiger partial charge in [0.1, 0.15) is 23.6 Å². The first-order valence-electron chi connectivity index (χ1n) is 11.9. The number of rotatable bonds is 10. The number of nitrogens with zero attached hydrogens (tertiary/aromatic N) is 4. The molecule has 0 aliphatic carbocycles. The number of para-hydroxylation sites is 1. The van der Waals surface area contributed by atoms with Gasteiger partial charge >= 0.3 is 0 Å². The summed E-state index contributed by atoms with van der Waals surface area (Å²) < 4.78 is 12.5. The number of benzene rings is 2. The van der Waals surface area contributed by atoms with Crippen LogP contribution < -0.4 is 10.1 Å². The van der Waals surface area contributed by atoms with Crippen molar-refractivity contribution in [1.29, 1.82) is 0 Å². The highest BCUT2D eigenvalue weighted by atomic mass is 16.5. The smallest absolute Gasteiger partial charge is 0.251 e. The van der Waals surface area contributed by atoms with Gasteiger partial charge in [-0.3, -0.25) is 9.59 Å². The van der Waals surface area contributed by atoms with Gasteiger partial charge in [-0.25, -0.2) is 4.68 Å². The van der Waals surface area contributed by atoms with E-state index >= 15 is 0 Å². The Hall–Kier alpha value is -4.14. The van der Waals surface area contributed by atoms with Gasteiger partial charge in [-0.15, -0.1) is 5.10 Å². The summed E-state index contributed by atoms with van der Waals surface area (Å²) in [6.45, 7) is 5.99. The summed E-state index contributed by atoms with van der Waals surface area (Å²) in [5, 5.41) is 11.4. The van der Waals surface area contributed by atoms with E-state index in [2.05, 4.69) is 15.6 Å². The average molecular weight is 490 g/mol. The molecule has 0 aliphatic heterocycles. The molecule has 0 bridgehead atoms. The molecule has 36 heavy (non-hydrogen) atoms. The Labute approximate surface area is 210 Å². The maximum Gasteiger partial charge on any atom is 0.251 e. The second-order valence-corrected chi connectivity index (χ2v) is 9.25. The molecule has 0 unspecified atom stereocenters. The van der Waals surface area contributed by atoms with Crippen molar-refractivity contribution in [1.82, 2.24) is 25.2 Å². The van der Waals surface area contributed by atoms with Crippen LogP contribution in [0, 0.1) is 0 Å². The number of nitrogens with one attached hydrogen (secondary N) is 1. The Kier molecular flexibility index (Phi) is 7.38. The molecule has 1 N–H and O–H groups in total. The van der Waals surface area contributed by atoms with Gasteiger partial charge in [-0.05, 0) is 62.2 Å². The first-order chi connectivity index (χ1) is 17.3. The predicted molar refractivity (Wildman–Crippen MR) is 135 cm³/mol. The first kappa shape index (κ1) is 25.0. The van der Waals surface area contributed by atoms with Gasteiger partial charge in [-0.2, -0.15) is 0 Å². The number of fused-ring (bicyclic) bond motifs is 1. The molecule has 4 aromatic rings. The van der Waals surface area contributed by atoms with Crippen molar-refractivity contribution >= 4 is 22.8 Å². The highest BCUT2D eigenvalue weighted by molar-refractivity contribution is 5.89. The van der Waals surface area contributed by atoms with Crippen molar-refractivity contribution in [2.75, 3.05) is 7.11 Å². The maximum atomic E-state index is 13.8. The van der Waals surface area contributed by atoms with Gasteiger partial charge in [0.05, 0.1) is 18.9 Å². The van der Waals surface area contributed by atoms with Crippen LogP contribution in [0.15, 0.2) is 71.3 Å². The highest BCUT2D eigenvalue weighted by Gasteiger charge is 2.36. The third-order valence-electron chi connectivity index (χ3n) is 6.26.